The number of rotatable bonds is 6. The molecule has 0 spiro atoms. The van der Waals surface area contributed by atoms with Gasteiger partial charge in [-0.1, -0.05) is 6.92 Å². The molecular weight excluding hydrogens is 228 g/mol. The van der Waals surface area contributed by atoms with Gasteiger partial charge in [-0.25, -0.2) is 14.4 Å². The van der Waals surface area contributed by atoms with E-state index < -0.39 is 24.5 Å². The van der Waals surface area contributed by atoms with E-state index in [0.717, 1.165) is 6.08 Å². The number of carbonyl (C=O) groups is 3. The van der Waals surface area contributed by atoms with E-state index in [1.165, 1.54) is 14.0 Å². The first-order chi connectivity index (χ1) is 8.01. The summed E-state index contributed by atoms with van der Waals surface area (Å²) >= 11 is 0. The molecule has 0 heterocycles. The molecule has 0 saturated carbocycles. The quantitative estimate of drug-likeness (QED) is 0.387. The molecule has 0 radical (unpaired) electrons. The van der Waals surface area contributed by atoms with Crippen molar-refractivity contribution in [3.05, 3.63) is 11.6 Å². The van der Waals surface area contributed by atoms with Crippen molar-refractivity contribution in [1.82, 2.24) is 0 Å². The van der Waals surface area contributed by atoms with Crippen LogP contribution in [0.5, 0.6) is 0 Å². The zero-order valence-corrected chi connectivity index (χ0v) is 10.1. The first-order valence-electron chi connectivity index (χ1n) is 5.10. The Kier molecular flexibility index (Phi) is 7.41. The largest absolute Gasteiger partial charge is 0.466 e. The molecule has 0 fully saturated rings. The first-order valence-corrected chi connectivity index (χ1v) is 5.10. The molecule has 0 aliphatic rings. The lowest BCUT2D eigenvalue weighted by Crippen LogP contribution is -2.16. The Morgan fingerprint density at radius 1 is 1.18 bits per heavy atom. The van der Waals surface area contributed by atoms with Gasteiger partial charge in [-0.3, -0.25) is 0 Å². The second-order valence-corrected chi connectivity index (χ2v) is 3.15. The van der Waals surface area contributed by atoms with Crippen molar-refractivity contribution in [1.29, 1.82) is 0 Å². The van der Waals surface area contributed by atoms with Gasteiger partial charge in [0.2, 0.25) is 0 Å². The maximum absolute atomic E-state index is 11.3. The van der Waals surface area contributed by atoms with E-state index in [1.54, 1.807) is 0 Å². The number of hydrogen-bond donors (Lipinski definition) is 0. The van der Waals surface area contributed by atoms with E-state index in [0.29, 0.717) is 13.0 Å². The molecule has 6 heteroatoms. The normalized spacial score (nSPS) is 10.6. The Morgan fingerprint density at radius 2 is 1.82 bits per heavy atom. The third-order valence-corrected chi connectivity index (χ3v) is 1.65. The molecule has 0 aliphatic heterocycles. The molecule has 0 aromatic rings. The van der Waals surface area contributed by atoms with Crippen molar-refractivity contribution in [3.8, 4) is 0 Å². The van der Waals surface area contributed by atoms with Gasteiger partial charge in [0, 0.05) is 11.6 Å². The average molecular weight is 244 g/mol. The number of esters is 3. The monoisotopic (exact) mass is 244 g/mol. The summed E-state index contributed by atoms with van der Waals surface area (Å²) in [6, 6.07) is 0. The van der Waals surface area contributed by atoms with E-state index in [1.807, 2.05) is 6.92 Å². The lowest BCUT2D eigenvalue weighted by molar-refractivity contribution is -0.154. The number of methoxy groups -OCH3 is 1. The number of hydrogen-bond acceptors (Lipinski definition) is 6. The number of ether oxygens (including phenoxy) is 3. The first kappa shape index (κ1) is 15.2. The zero-order chi connectivity index (χ0) is 13.3. The van der Waals surface area contributed by atoms with Gasteiger partial charge < -0.3 is 14.2 Å². The van der Waals surface area contributed by atoms with Gasteiger partial charge in [-0.15, -0.1) is 0 Å². The highest BCUT2D eigenvalue weighted by molar-refractivity contribution is 5.96. The third-order valence-electron chi connectivity index (χ3n) is 1.65. The second kappa shape index (κ2) is 8.32. The van der Waals surface area contributed by atoms with Crippen LogP contribution >= 0.6 is 0 Å². The second-order valence-electron chi connectivity index (χ2n) is 3.15. The zero-order valence-electron chi connectivity index (χ0n) is 10.1. The molecule has 0 atom stereocenters. The Balaban J connectivity index is 4.15. The summed E-state index contributed by atoms with van der Waals surface area (Å²) in [5.74, 6) is -2.04. The lowest BCUT2D eigenvalue weighted by Gasteiger charge is -2.03. The molecule has 0 aromatic heterocycles. The Hall–Kier alpha value is -1.85. The maximum atomic E-state index is 11.3. The average Bonchev–Trinajstić information content (AvgIpc) is 2.32. The van der Waals surface area contributed by atoms with Crippen LogP contribution in [0.3, 0.4) is 0 Å². The smallest absolute Gasteiger partial charge is 0.344 e. The van der Waals surface area contributed by atoms with Crippen molar-refractivity contribution in [2.45, 2.75) is 20.3 Å². The van der Waals surface area contributed by atoms with E-state index in [-0.39, 0.29) is 5.57 Å². The number of carbonyl (C=O) groups excluding carboxylic acids is 3. The molecule has 0 N–H and O–H groups in total. The highest BCUT2D eigenvalue weighted by atomic mass is 16.6. The van der Waals surface area contributed by atoms with E-state index in [4.69, 9.17) is 4.74 Å². The summed E-state index contributed by atoms with van der Waals surface area (Å²) < 4.78 is 13.6. The topological polar surface area (TPSA) is 78.9 Å². The van der Waals surface area contributed by atoms with Crippen LogP contribution in [0.15, 0.2) is 11.6 Å². The molecular formula is C11H16O6. The molecule has 0 unspecified atom stereocenters. The summed E-state index contributed by atoms with van der Waals surface area (Å²) in [6.45, 7) is 3.06. The Bertz CT molecular complexity index is 318. The molecule has 0 bridgehead atoms. The van der Waals surface area contributed by atoms with Crippen LogP contribution < -0.4 is 0 Å². The predicted molar refractivity (Wildman–Crippen MR) is 58.0 cm³/mol. The molecule has 17 heavy (non-hydrogen) atoms. The standard InChI is InChI=1S/C11H16O6/c1-4-5-16-9(12)6-8(2)11(14)17-7-10(13)15-3/h6H,4-5,7H2,1-3H3/b8-6-. The van der Waals surface area contributed by atoms with E-state index >= 15 is 0 Å². The summed E-state index contributed by atoms with van der Waals surface area (Å²) in [7, 11) is 1.18. The minimum absolute atomic E-state index is 0.0648. The van der Waals surface area contributed by atoms with Crippen molar-refractivity contribution in [3.63, 3.8) is 0 Å². The molecule has 0 rings (SSSR count). The molecule has 6 nitrogen and oxygen atoms in total. The van der Waals surface area contributed by atoms with Crippen LogP contribution in [0.1, 0.15) is 20.3 Å². The predicted octanol–water partition coefficient (Wildman–Crippen LogP) is 0.602. The van der Waals surface area contributed by atoms with Gasteiger partial charge in [0.15, 0.2) is 6.61 Å². The molecule has 0 aromatic carbocycles. The van der Waals surface area contributed by atoms with Gasteiger partial charge >= 0.3 is 17.9 Å². The van der Waals surface area contributed by atoms with E-state index in [9.17, 15) is 14.4 Å². The van der Waals surface area contributed by atoms with Gasteiger partial charge in [0.05, 0.1) is 13.7 Å². The molecule has 96 valence electrons. The van der Waals surface area contributed by atoms with Crippen LogP contribution in [-0.4, -0.2) is 38.2 Å². The van der Waals surface area contributed by atoms with Crippen LogP contribution in [-0.2, 0) is 28.6 Å². The molecule has 0 saturated heterocycles. The summed E-state index contributed by atoms with van der Waals surface area (Å²) in [5, 5.41) is 0. The van der Waals surface area contributed by atoms with Gasteiger partial charge in [-0.05, 0) is 13.3 Å². The summed E-state index contributed by atoms with van der Waals surface area (Å²) in [6.07, 6.45) is 1.72. The van der Waals surface area contributed by atoms with Crippen molar-refractivity contribution >= 4 is 17.9 Å². The minimum atomic E-state index is -0.760. The van der Waals surface area contributed by atoms with Gasteiger partial charge in [0.25, 0.3) is 0 Å². The van der Waals surface area contributed by atoms with Crippen LogP contribution in [0.4, 0.5) is 0 Å². The third kappa shape index (κ3) is 7.10. The maximum Gasteiger partial charge on any atom is 0.344 e. The minimum Gasteiger partial charge on any atom is -0.466 e. The Morgan fingerprint density at radius 3 is 2.35 bits per heavy atom. The van der Waals surface area contributed by atoms with Crippen molar-refractivity contribution < 1.29 is 28.6 Å². The fourth-order valence-corrected chi connectivity index (χ4v) is 0.777. The fraction of sp³-hybridized carbons (Fsp3) is 0.545. The van der Waals surface area contributed by atoms with Crippen molar-refractivity contribution in [2.75, 3.05) is 20.3 Å². The molecule has 0 amide bonds. The lowest BCUT2D eigenvalue weighted by atomic mass is 10.3. The highest BCUT2D eigenvalue weighted by Crippen LogP contribution is 1.98. The van der Waals surface area contributed by atoms with Gasteiger partial charge in [0.1, 0.15) is 0 Å². The van der Waals surface area contributed by atoms with Gasteiger partial charge in [-0.2, -0.15) is 0 Å². The Labute approximate surface area is 99.5 Å². The van der Waals surface area contributed by atoms with E-state index in [2.05, 4.69) is 9.47 Å². The summed E-state index contributed by atoms with van der Waals surface area (Å²) in [5.41, 5.74) is 0.0648. The van der Waals surface area contributed by atoms with Crippen LogP contribution in [0.25, 0.3) is 0 Å². The highest BCUT2D eigenvalue weighted by Gasteiger charge is 2.11. The fourth-order valence-electron chi connectivity index (χ4n) is 0.777. The van der Waals surface area contributed by atoms with Crippen molar-refractivity contribution in [2.24, 2.45) is 0 Å². The summed E-state index contributed by atoms with van der Waals surface area (Å²) in [4.78, 5) is 33.1. The SMILES string of the molecule is CCCOC(=O)/C=C(/C)C(=O)OCC(=O)OC. The van der Waals surface area contributed by atoms with Crippen LogP contribution in [0, 0.1) is 0 Å². The molecule has 0 aliphatic carbocycles. The van der Waals surface area contributed by atoms with Crippen LogP contribution in [0.2, 0.25) is 0 Å².